The van der Waals surface area contributed by atoms with E-state index in [1.54, 1.807) is 0 Å². The number of hydrogen-bond donors (Lipinski definition) is 1. The smallest absolute Gasteiger partial charge is 0.264 e. The number of ether oxygens (including phenoxy) is 1. The molecule has 242 valence electrons. The second-order valence-electron chi connectivity index (χ2n) is 10.5. The van der Waals surface area contributed by atoms with Gasteiger partial charge in [0.15, 0.2) is 0 Å². The molecule has 46 heavy (non-hydrogen) atoms. The molecule has 0 fully saturated rings. The predicted octanol–water partition coefficient (Wildman–Crippen LogP) is 6.35. The highest BCUT2D eigenvalue weighted by molar-refractivity contribution is 9.10. The van der Waals surface area contributed by atoms with E-state index in [0.29, 0.717) is 25.3 Å². The van der Waals surface area contributed by atoms with Crippen LogP contribution in [0.4, 0.5) is 10.1 Å². The summed E-state index contributed by atoms with van der Waals surface area (Å²) in [6.07, 6.45) is 0.907. The number of carbonyl (C=O) groups is 2. The number of halogens is 2. The van der Waals surface area contributed by atoms with Gasteiger partial charge in [-0.2, -0.15) is 0 Å². The summed E-state index contributed by atoms with van der Waals surface area (Å²) in [5, 5.41) is 2.92. The van der Waals surface area contributed by atoms with E-state index in [1.165, 1.54) is 41.3 Å². The molecule has 1 atom stereocenters. The van der Waals surface area contributed by atoms with Crippen molar-refractivity contribution in [3.8, 4) is 5.75 Å². The van der Waals surface area contributed by atoms with E-state index in [-0.39, 0.29) is 29.5 Å². The van der Waals surface area contributed by atoms with Gasteiger partial charge in [-0.1, -0.05) is 65.3 Å². The number of anilines is 1. The van der Waals surface area contributed by atoms with Crippen molar-refractivity contribution in [1.82, 2.24) is 10.2 Å². The zero-order chi connectivity index (χ0) is 33.1. The van der Waals surface area contributed by atoms with Gasteiger partial charge in [-0.15, -0.1) is 0 Å². The van der Waals surface area contributed by atoms with E-state index in [2.05, 4.69) is 21.2 Å². The third-order valence-corrected chi connectivity index (χ3v) is 9.52. The number of nitrogens with zero attached hydrogens (tertiary/aromatic N) is 2. The second-order valence-corrected chi connectivity index (χ2v) is 13.3. The van der Waals surface area contributed by atoms with E-state index in [4.69, 9.17) is 4.74 Å². The van der Waals surface area contributed by atoms with Gasteiger partial charge in [0.25, 0.3) is 10.0 Å². The zero-order valence-electron chi connectivity index (χ0n) is 25.7. The van der Waals surface area contributed by atoms with E-state index in [1.807, 2.05) is 68.4 Å². The van der Waals surface area contributed by atoms with Crippen molar-refractivity contribution in [1.29, 1.82) is 0 Å². The molecule has 4 aromatic carbocycles. The Labute approximate surface area is 278 Å². The predicted molar refractivity (Wildman–Crippen MR) is 180 cm³/mol. The Balaban J connectivity index is 1.78. The first-order valence-electron chi connectivity index (χ1n) is 15.0. The Morgan fingerprint density at radius 2 is 1.52 bits per heavy atom. The van der Waals surface area contributed by atoms with E-state index >= 15 is 0 Å². The first-order valence-corrected chi connectivity index (χ1v) is 17.2. The Morgan fingerprint density at radius 3 is 2.13 bits per heavy atom. The first-order chi connectivity index (χ1) is 22.1. The minimum absolute atomic E-state index is 0.0452. The Hall–Kier alpha value is -4.22. The number of rotatable bonds is 15. The van der Waals surface area contributed by atoms with Crippen LogP contribution in [0.5, 0.6) is 5.75 Å². The molecule has 2 amide bonds. The zero-order valence-corrected chi connectivity index (χ0v) is 28.1. The fourth-order valence-corrected chi connectivity index (χ4v) is 6.52. The largest absolute Gasteiger partial charge is 0.494 e. The van der Waals surface area contributed by atoms with E-state index in [9.17, 15) is 22.4 Å². The normalized spacial score (nSPS) is 11.8. The molecule has 0 unspecified atom stereocenters. The summed E-state index contributed by atoms with van der Waals surface area (Å²) in [6.45, 7) is 3.99. The highest BCUT2D eigenvalue weighted by Gasteiger charge is 2.34. The van der Waals surface area contributed by atoms with Gasteiger partial charge in [-0.05, 0) is 85.1 Å². The lowest BCUT2D eigenvalue weighted by molar-refractivity contribution is -0.140. The molecule has 11 heteroatoms. The second kappa shape index (κ2) is 16.4. The molecule has 8 nitrogen and oxygen atoms in total. The SMILES string of the molecule is CCCNC(=O)[C@@H](Cc1ccccc1)N(Cc1ccc(Br)cc1)C(=O)CN(c1ccc(F)cc1)S(=O)(=O)c1ccc(OCC)cc1. The molecule has 1 N–H and O–H groups in total. The molecular weight excluding hydrogens is 673 g/mol. The van der Waals surface area contributed by atoms with Gasteiger partial charge < -0.3 is 15.0 Å². The number of carbonyl (C=O) groups excluding carboxylic acids is 2. The summed E-state index contributed by atoms with van der Waals surface area (Å²) in [6, 6.07) is 26.5. The number of amides is 2. The summed E-state index contributed by atoms with van der Waals surface area (Å²) >= 11 is 3.43. The fourth-order valence-electron chi connectivity index (χ4n) is 4.84. The maximum atomic E-state index is 14.4. The van der Waals surface area contributed by atoms with Crippen LogP contribution in [0.15, 0.2) is 112 Å². The molecule has 0 aliphatic heterocycles. The van der Waals surface area contributed by atoms with Crippen LogP contribution in [0.3, 0.4) is 0 Å². The lowest BCUT2D eigenvalue weighted by Gasteiger charge is -2.34. The minimum Gasteiger partial charge on any atom is -0.494 e. The van der Waals surface area contributed by atoms with Gasteiger partial charge in [0.1, 0.15) is 24.2 Å². The van der Waals surface area contributed by atoms with Gasteiger partial charge in [0.2, 0.25) is 11.8 Å². The van der Waals surface area contributed by atoms with Crippen molar-refractivity contribution in [2.45, 2.75) is 44.2 Å². The van der Waals surface area contributed by atoms with Gasteiger partial charge in [0.05, 0.1) is 17.2 Å². The maximum absolute atomic E-state index is 14.4. The van der Waals surface area contributed by atoms with Crippen molar-refractivity contribution in [2.24, 2.45) is 0 Å². The van der Waals surface area contributed by atoms with Gasteiger partial charge in [0, 0.05) is 24.0 Å². The molecule has 4 rings (SSSR count). The van der Waals surface area contributed by atoms with Crippen LogP contribution < -0.4 is 14.4 Å². The molecule has 0 heterocycles. The van der Waals surface area contributed by atoms with Crippen LogP contribution >= 0.6 is 15.9 Å². The monoisotopic (exact) mass is 709 g/mol. The molecule has 0 radical (unpaired) electrons. The summed E-state index contributed by atoms with van der Waals surface area (Å²) in [4.78, 5) is 29.5. The van der Waals surface area contributed by atoms with Crippen LogP contribution in [0, 0.1) is 5.82 Å². The first kappa shape index (κ1) is 34.6. The average Bonchev–Trinajstić information content (AvgIpc) is 3.06. The number of sulfonamides is 1. The van der Waals surface area contributed by atoms with Gasteiger partial charge >= 0.3 is 0 Å². The van der Waals surface area contributed by atoms with Crippen molar-refractivity contribution >= 4 is 43.5 Å². The van der Waals surface area contributed by atoms with Crippen LogP contribution in [0.1, 0.15) is 31.4 Å². The number of nitrogens with one attached hydrogen (secondary N) is 1. The number of benzene rings is 4. The van der Waals surface area contributed by atoms with Crippen LogP contribution in [0.25, 0.3) is 0 Å². The summed E-state index contributed by atoms with van der Waals surface area (Å²) in [5.74, 6) is -1.01. The van der Waals surface area contributed by atoms with Gasteiger partial charge in [-0.3, -0.25) is 13.9 Å². The molecule has 0 saturated carbocycles. The van der Waals surface area contributed by atoms with Crippen molar-refractivity contribution in [3.63, 3.8) is 0 Å². The third-order valence-electron chi connectivity index (χ3n) is 7.20. The van der Waals surface area contributed by atoms with Crippen molar-refractivity contribution in [3.05, 3.63) is 125 Å². The Bertz CT molecular complexity index is 1690. The highest BCUT2D eigenvalue weighted by Crippen LogP contribution is 2.27. The molecule has 0 spiro atoms. The quantitative estimate of drug-likeness (QED) is 0.155. The molecule has 4 aromatic rings. The highest BCUT2D eigenvalue weighted by atomic mass is 79.9. The average molecular weight is 711 g/mol. The maximum Gasteiger partial charge on any atom is 0.264 e. The molecule has 0 aliphatic carbocycles. The van der Waals surface area contributed by atoms with Crippen molar-refractivity contribution < 1.29 is 27.1 Å². The van der Waals surface area contributed by atoms with E-state index < -0.39 is 34.3 Å². The molecular formula is C35H37BrFN3O5S. The van der Waals surface area contributed by atoms with Gasteiger partial charge in [-0.25, -0.2) is 12.8 Å². The third kappa shape index (κ3) is 9.17. The summed E-state index contributed by atoms with van der Waals surface area (Å²) in [5.41, 5.74) is 1.69. The topological polar surface area (TPSA) is 96.0 Å². The van der Waals surface area contributed by atoms with Crippen LogP contribution in [-0.4, -0.2) is 50.9 Å². The molecule has 0 bridgehead atoms. The molecule has 0 saturated heterocycles. The van der Waals surface area contributed by atoms with Crippen molar-refractivity contribution in [2.75, 3.05) is 24.0 Å². The lowest BCUT2D eigenvalue weighted by atomic mass is 10.0. The van der Waals surface area contributed by atoms with Crippen LogP contribution in [0.2, 0.25) is 0 Å². The Kier molecular flexibility index (Phi) is 12.3. The standard InChI is InChI=1S/C35H37BrFN3O5S/c1-3-22-38-35(42)33(23-26-8-6-5-7-9-26)39(24-27-10-12-28(36)13-11-27)34(41)25-40(30-16-14-29(37)15-17-30)46(43,44)32-20-18-31(19-21-32)45-4-2/h5-21,33H,3-4,22-25H2,1-2H3,(H,38,42)/t33-/m1/s1. The Morgan fingerprint density at radius 1 is 0.870 bits per heavy atom. The minimum atomic E-state index is -4.32. The number of hydrogen-bond acceptors (Lipinski definition) is 5. The molecule has 0 aromatic heterocycles. The fraction of sp³-hybridized carbons (Fsp3) is 0.257. The summed E-state index contributed by atoms with van der Waals surface area (Å²) in [7, 11) is -4.32. The molecule has 0 aliphatic rings. The lowest BCUT2D eigenvalue weighted by Crippen LogP contribution is -2.53. The van der Waals surface area contributed by atoms with Crippen LogP contribution in [-0.2, 0) is 32.6 Å². The van der Waals surface area contributed by atoms with E-state index in [0.717, 1.165) is 32.0 Å². The summed E-state index contributed by atoms with van der Waals surface area (Å²) < 4.78 is 49.4.